The van der Waals surface area contributed by atoms with Gasteiger partial charge in [-0.1, -0.05) is 12.1 Å². The standard InChI is InChI=1S/C27H38N6O4/c1-27(2,3)37-26(36)33-16-14-31(15-17-33)18-10-12-32(13-11-18)21-7-5-6-19-23(29-30(4)24(19)21)20-8-9-22(34)28-25(20)35/h5-7,18,20H,8-17H2,1-4H3,(H,28,34,35). The Morgan fingerprint density at radius 3 is 2.38 bits per heavy atom. The van der Waals surface area contributed by atoms with Crippen molar-refractivity contribution >= 4 is 34.5 Å². The first-order valence-corrected chi connectivity index (χ1v) is 13.4. The van der Waals surface area contributed by atoms with Gasteiger partial charge in [0.2, 0.25) is 11.8 Å². The predicted molar refractivity (Wildman–Crippen MR) is 140 cm³/mol. The molecule has 1 aromatic carbocycles. The molecule has 3 saturated heterocycles. The fraction of sp³-hybridized carbons (Fsp3) is 0.630. The number of hydrogen-bond donors (Lipinski definition) is 1. The minimum Gasteiger partial charge on any atom is -0.444 e. The highest BCUT2D eigenvalue weighted by Crippen LogP contribution is 2.36. The molecule has 0 bridgehead atoms. The van der Waals surface area contributed by atoms with Gasteiger partial charge < -0.3 is 14.5 Å². The summed E-state index contributed by atoms with van der Waals surface area (Å²) in [6, 6.07) is 6.71. The van der Waals surface area contributed by atoms with Gasteiger partial charge in [0.05, 0.1) is 22.8 Å². The lowest BCUT2D eigenvalue weighted by molar-refractivity contribution is -0.134. The highest BCUT2D eigenvalue weighted by molar-refractivity contribution is 6.03. The van der Waals surface area contributed by atoms with E-state index in [0.717, 1.165) is 61.3 Å². The number of para-hydroxylation sites is 1. The van der Waals surface area contributed by atoms with Crippen molar-refractivity contribution in [2.24, 2.45) is 7.05 Å². The van der Waals surface area contributed by atoms with Crippen molar-refractivity contribution < 1.29 is 19.1 Å². The van der Waals surface area contributed by atoms with Gasteiger partial charge in [-0.25, -0.2) is 4.79 Å². The Bertz CT molecular complexity index is 1190. The molecule has 2 aromatic rings. The molecular formula is C27H38N6O4. The van der Waals surface area contributed by atoms with Gasteiger partial charge in [0.1, 0.15) is 5.60 Å². The van der Waals surface area contributed by atoms with Gasteiger partial charge in [0.15, 0.2) is 0 Å². The molecule has 0 aliphatic carbocycles. The van der Waals surface area contributed by atoms with E-state index in [2.05, 4.69) is 21.2 Å². The number of hydrogen-bond acceptors (Lipinski definition) is 7. The summed E-state index contributed by atoms with van der Waals surface area (Å²) in [6.07, 6.45) is 2.73. The van der Waals surface area contributed by atoms with Crippen molar-refractivity contribution in [3.8, 4) is 0 Å². The van der Waals surface area contributed by atoms with Crippen LogP contribution < -0.4 is 10.2 Å². The fourth-order valence-corrected chi connectivity index (χ4v) is 5.88. The highest BCUT2D eigenvalue weighted by atomic mass is 16.6. The average Bonchev–Trinajstić information content (AvgIpc) is 3.19. The Hall–Kier alpha value is -3.14. The summed E-state index contributed by atoms with van der Waals surface area (Å²) in [6.45, 7) is 10.7. The van der Waals surface area contributed by atoms with Crippen molar-refractivity contribution in [2.45, 2.75) is 64.0 Å². The number of imide groups is 1. The Labute approximate surface area is 217 Å². The number of rotatable bonds is 3. The van der Waals surface area contributed by atoms with Crippen molar-refractivity contribution in [3.05, 3.63) is 23.9 Å². The summed E-state index contributed by atoms with van der Waals surface area (Å²) in [5.74, 6) is -0.868. The molecule has 1 atom stereocenters. The van der Waals surface area contributed by atoms with E-state index in [9.17, 15) is 14.4 Å². The molecule has 1 unspecified atom stereocenters. The van der Waals surface area contributed by atoms with Crippen molar-refractivity contribution in [3.63, 3.8) is 0 Å². The quantitative estimate of drug-likeness (QED) is 0.634. The summed E-state index contributed by atoms with van der Waals surface area (Å²) in [5, 5.41) is 8.19. The number of aryl methyl sites for hydroxylation is 1. The predicted octanol–water partition coefficient (Wildman–Crippen LogP) is 2.62. The van der Waals surface area contributed by atoms with Crippen LogP contribution in [0.3, 0.4) is 0 Å². The Balaban J connectivity index is 1.23. The van der Waals surface area contributed by atoms with Gasteiger partial charge in [-0.2, -0.15) is 5.10 Å². The fourth-order valence-electron chi connectivity index (χ4n) is 5.88. The first-order valence-electron chi connectivity index (χ1n) is 13.4. The van der Waals surface area contributed by atoms with Gasteiger partial charge >= 0.3 is 6.09 Å². The lowest BCUT2D eigenvalue weighted by Crippen LogP contribution is -2.55. The van der Waals surface area contributed by atoms with E-state index in [4.69, 9.17) is 9.84 Å². The maximum absolute atomic E-state index is 12.5. The highest BCUT2D eigenvalue weighted by Gasteiger charge is 2.34. The molecule has 3 aliphatic heterocycles. The largest absolute Gasteiger partial charge is 0.444 e. The number of fused-ring (bicyclic) bond motifs is 1. The van der Waals surface area contributed by atoms with Crippen LogP contribution in [0.15, 0.2) is 18.2 Å². The smallest absolute Gasteiger partial charge is 0.410 e. The van der Waals surface area contributed by atoms with Crippen LogP contribution in [-0.2, 0) is 21.4 Å². The average molecular weight is 511 g/mol. The maximum Gasteiger partial charge on any atom is 0.410 e. The van der Waals surface area contributed by atoms with Gasteiger partial charge in [-0.15, -0.1) is 0 Å². The van der Waals surface area contributed by atoms with E-state index >= 15 is 0 Å². The van der Waals surface area contributed by atoms with E-state index < -0.39 is 11.5 Å². The van der Waals surface area contributed by atoms with Crippen LogP contribution in [0.25, 0.3) is 10.9 Å². The number of carbonyl (C=O) groups is 3. The van der Waals surface area contributed by atoms with E-state index in [1.807, 2.05) is 49.5 Å². The van der Waals surface area contributed by atoms with Crippen LogP contribution in [-0.4, -0.2) is 88.4 Å². The van der Waals surface area contributed by atoms with Crippen LogP contribution >= 0.6 is 0 Å². The zero-order valence-electron chi connectivity index (χ0n) is 22.3. The summed E-state index contributed by atoms with van der Waals surface area (Å²) < 4.78 is 7.41. The molecule has 5 rings (SSSR count). The molecule has 3 aliphatic rings. The Kier molecular flexibility index (Phi) is 6.87. The topological polar surface area (TPSA) is 100 Å². The SMILES string of the molecule is Cn1nc(C2CCC(=O)NC2=O)c2cccc(N3CCC(N4CCN(C(=O)OC(C)(C)C)CC4)CC3)c21. The molecule has 3 amide bonds. The molecule has 0 radical (unpaired) electrons. The zero-order chi connectivity index (χ0) is 26.3. The van der Waals surface area contributed by atoms with Crippen molar-refractivity contribution in [1.29, 1.82) is 0 Å². The number of carbonyl (C=O) groups excluding carboxylic acids is 3. The number of nitrogens with zero attached hydrogens (tertiary/aromatic N) is 5. The Morgan fingerprint density at radius 1 is 1.03 bits per heavy atom. The molecule has 1 aromatic heterocycles. The summed E-state index contributed by atoms with van der Waals surface area (Å²) in [4.78, 5) is 43.3. The van der Waals surface area contributed by atoms with E-state index in [0.29, 0.717) is 32.0 Å². The monoisotopic (exact) mass is 510 g/mol. The second kappa shape index (κ2) is 9.96. The lowest BCUT2D eigenvalue weighted by Gasteiger charge is -2.43. The molecule has 0 spiro atoms. The van der Waals surface area contributed by atoms with Gasteiger partial charge in [-0.05, 0) is 46.1 Å². The maximum atomic E-state index is 12.5. The normalized spacial score (nSPS) is 22.4. The first kappa shape index (κ1) is 25.5. The number of ether oxygens (including phenoxy) is 1. The summed E-state index contributed by atoms with van der Waals surface area (Å²) >= 11 is 0. The molecule has 1 N–H and O–H groups in total. The molecule has 4 heterocycles. The van der Waals surface area contributed by atoms with Gasteiger partial charge in [0.25, 0.3) is 0 Å². The number of anilines is 1. The molecule has 0 saturated carbocycles. The summed E-state index contributed by atoms with van der Waals surface area (Å²) in [7, 11) is 1.93. The Morgan fingerprint density at radius 2 is 1.73 bits per heavy atom. The van der Waals surface area contributed by atoms with Crippen LogP contribution in [0.4, 0.5) is 10.5 Å². The van der Waals surface area contributed by atoms with Crippen molar-refractivity contribution in [2.75, 3.05) is 44.2 Å². The second-order valence-electron chi connectivity index (χ2n) is 11.4. The number of piperazine rings is 1. The van der Waals surface area contributed by atoms with Crippen molar-refractivity contribution in [1.82, 2.24) is 24.9 Å². The number of nitrogens with one attached hydrogen (secondary N) is 1. The molecule has 200 valence electrons. The third-order valence-corrected chi connectivity index (χ3v) is 7.73. The third-order valence-electron chi connectivity index (χ3n) is 7.73. The van der Waals surface area contributed by atoms with Gasteiger partial charge in [0, 0.05) is 64.2 Å². The molecule has 10 heteroatoms. The molecule has 10 nitrogen and oxygen atoms in total. The first-order chi connectivity index (χ1) is 17.6. The number of amides is 3. The number of benzene rings is 1. The van der Waals surface area contributed by atoms with Crippen LogP contribution in [0, 0.1) is 0 Å². The third kappa shape index (κ3) is 5.30. The lowest BCUT2D eigenvalue weighted by atomic mass is 9.92. The molecule has 37 heavy (non-hydrogen) atoms. The van der Waals surface area contributed by atoms with Crippen LogP contribution in [0.2, 0.25) is 0 Å². The van der Waals surface area contributed by atoms with Gasteiger partial charge in [-0.3, -0.25) is 24.5 Å². The van der Waals surface area contributed by atoms with E-state index in [-0.39, 0.29) is 17.9 Å². The second-order valence-corrected chi connectivity index (χ2v) is 11.4. The zero-order valence-corrected chi connectivity index (χ0v) is 22.3. The number of aromatic nitrogens is 2. The van der Waals surface area contributed by atoms with E-state index in [1.54, 1.807) is 0 Å². The minimum atomic E-state index is -0.472. The van der Waals surface area contributed by atoms with Crippen LogP contribution in [0.1, 0.15) is 58.1 Å². The molecule has 3 fully saturated rings. The van der Waals surface area contributed by atoms with E-state index in [1.165, 1.54) is 0 Å². The van der Waals surface area contributed by atoms with Crippen LogP contribution in [0.5, 0.6) is 0 Å². The summed E-state index contributed by atoms with van der Waals surface area (Å²) in [5.41, 5.74) is 2.45. The minimum absolute atomic E-state index is 0.212. The molecular weight excluding hydrogens is 472 g/mol. The number of piperidine rings is 2.